The number of nitrogens with zero attached hydrogens (tertiary/aromatic N) is 1. The van der Waals surface area contributed by atoms with Crippen LogP contribution in [0, 0.1) is 5.41 Å². The van der Waals surface area contributed by atoms with Crippen LogP contribution in [0.2, 0.25) is 0 Å². The maximum absolute atomic E-state index is 4.37. The Kier molecular flexibility index (Phi) is 4.21. The fourth-order valence-corrected chi connectivity index (χ4v) is 3.02. The maximum atomic E-state index is 4.37. The topological polar surface area (TPSA) is 40.7 Å². The van der Waals surface area contributed by atoms with Gasteiger partial charge in [0.2, 0.25) is 0 Å². The second kappa shape index (κ2) is 5.67. The van der Waals surface area contributed by atoms with Gasteiger partial charge in [-0.3, -0.25) is 0 Å². The lowest BCUT2D eigenvalue weighted by atomic mass is 9.79. The molecule has 96 valence electrons. The van der Waals surface area contributed by atoms with E-state index in [1.54, 1.807) is 0 Å². The molecule has 0 radical (unpaired) electrons. The summed E-state index contributed by atoms with van der Waals surface area (Å²) in [6.45, 7) is 5.78. The molecular formula is C14H25N3. The SMILES string of the molecule is CCCNC(Cc1ncc[nH]1)C1(C)CCCC1. The van der Waals surface area contributed by atoms with Gasteiger partial charge in [-0.05, 0) is 31.2 Å². The fraction of sp³-hybridized carbons (Fsp3) is 0.786. The van der Waals surface area contributed by atoms with Crippen molar-refractivity contribution < 1.29 is 0 Å². The highest BCUT2D eigenvalue weighted by Gasteiger charge is 2.36. The van der Waals surface area contributed by atoms with Crippen LogP contribution in [-0.2, 0) is 6.42 Å². The summed E-state index contributed by atoms with van der Waals surface area (Å²) >= 11 is 0. The summed E-state index contributed by atoms with van der Waals surface area (Å²) < 4.78 is 0. The van der Waals surface area contributed by atoms with E-state index in [-0.39, 0.29) is 0 Å². The average Bonchev–Trinajstić information content (AvgIpc) is 2.96. The molecule has 2 N–H and O–H groups in total. The van der Waals surface area contributed by atoms with Gasteiger partial charge < -0.3 is 10.3 Å². The number of aromatic amines is 1. The molecule has 1 aliphatic carbocycles. The zero-order chi connectivity index (χ0) is 12.1. The lowest BCUT2D eigenvalue weighted by Crippen LogP contribution is -2.44. The molecule has 0 spiro atoms. The zero-order valence-electron chi connectivity index (χ0n) is 11.1. The van der Waals surface area contributed by atoms with Gasteiger partial charge in [-0.15, -0.1) is 0 Å². The van der Waals surface area contributed by atoms with E-state index in [1.807, 2.05) is 12.4 Å². The van der Waals surface area contributed by atoms with Gasteiger partial charge in [0.15, 0.2) is 0 Å². The van der Waals surface area contributed by atoms with Gasteiger partial charge in [0.1, 0.15) is 5.82 Å². The molecule has 1 atom stereocenters. The van der Waals surface area contributed by atoms with E-state index in [1.165, 1.54) is 32.1 Å². The summed E-state index contributed by atoms with van der Waals surface area (Å²) in [6.07, 6.45) is 11.5. The molecule has 0 bridgehead atoms. The molecule has 1 aliphatic rings. The van der Waals surface area contributed by atoms with Gasteiger partial charge in [-0.1, -0.05) is 26.7 Å². The van der Waals surface area contributed by atoms with Crippen molar-refractivity contribution in [2.75, 3.05) is 6.54 Å². The molecule has 0 amide bonds. The smallest absolute Gasteiger partial charge is 0.107 e. The third-order valence-electron chi connectivity index (χ3n) is 4.18. The van der Waals surface area contributed by atoms with Crippen molar-refractivity contribution >= 4 is 0 Å². The molecule has 3 heteroatoms. The van der Waals surface area contributed by atoms with Crippen LogP contribution < -0.4 is 5.32 Å². The Labute approximate surface area is 104 Å². The average molecular weight is 235 g/mol. The fourth-order valence-electron chi connectivity index (χ4n) is 3.02. The number of hydrogen-bond donors (Lipinski definition) is 2. The van der Waals surface area contributed by atoms with E-state index in [2.05, 4.69) is 29.1 Å². The van der Waals surface area contributed by atoms with Crippen LogP contribution >= 0.6 is 0 Å². The van der Waals surface area contributed by atoms with Crippen LogP contribution in [0.1, 0.15) is 51.8 Å². The molecule has 0 aliphatic heterocycles. The van der Waals surface area contributed by atoms with Crippen LogP contribution in [0.4, 0.5) is 0 Å². The summed E-state index contributed by atoms with van der Waals surface area (Å²) in [6, 6.07) is 0.566. The van der Waals surface area contributed by atoms with E-state index in [4.69, 9.17) is 0 Å². The molecule has 1 fully saturated rings. The molecule has 1 aromatic heterocycles. The van der Waals surface area contributed by atoms with Crippen molar-refractivity contribution in [2.24, 2.45) is 5.41 Å². The van der Waals surface area contributed by atoms with Crippen molar-refractivity contribution in [2.45, 2.75) is 58.4 Å². The number of rotatable bonds is 6. The lowest BCUT2D eigenvalue weighted by molar-refractivity contribution is 0.217. The largest absolute Gasteiger partial charge is 0.349 e. The third-order valence-corrected chi connectivity index (χ3v) is 4.18. The summed E-state index contributed by atoms with van der Waals surface area (Å²) in [5.74, 6) is 1.12. The Bertz CT molecular complexity index is 312. The highest BCUT2D eigenvalue weighted by molar-refractivity contribution is 4.99. The Balaban J connectivity index is 2.02. The van der Waals surface area contributed by atoms with Crippen molar-refractivity contribution in [3.8, 4) is 0 Å². The van der Waals surface area contributed by atoms with E-state index < -0.39 is 0 Å². The number of H-pyrrole nitrogens is 1. The summed E-state index contributed by atoms with van der Waals surface area (Å²) in [5.41, 5.74) is 0.460. The first kappa shape index (κ1) is 12.6. The minimum atomic E-state index is 0.460. The summed E-state index contributed by atoms with van der Waals surface area (Å²) in [7, 11) is 0. The van der Waals surface area contributed by atoms with Gasteiger partial charge in [0, 0.05) is 24.9 Å². The molecule has 1 unspecified atom stereocenters. The van der Waals surface area contributed by atoms with Crippen molar-refractivity contribution in [1.29, 1.82) is 0 Å². The van der Waals surface area contributed by atoms with Gasteiger partial charge in [0.05, 0.1) is 0 Å². The van der Waals surface area contributed by atoms with Crippen molar-refractivity contribution in [3.05, 3.63) is 18.2 Å². The monoisotopic (exact) mass is 235 g/mol. The zero-order valence-corrected chi connectivity index (χ0v) is 11.1. The number of imidazole rings is 1. The number of nitrogens with one attached hydrogen (secondary N) is 2. The second-order valence-electron chi connectivity index (χ2n) is 5.61. The molecule has 0 aromatic carbocycles. The standard InChI is InChI=1S/C14H25N3/c1-3-8-15-12(11-13-16-9-10-17-13)14(2)6-4-5-7-14/h9-10,12,15H,3-8,11H2,1-2H3,(H,16,17). The molecule has 3 nitrogen and oxygen atoms in total. The number of hydrogen-bond acceptors (Lipinski definition) is 2. The van der Waals surface area contributed by atoms with Crippen LogP contribution in [0.5, 0.6) is 0 Å². The molecule has 17 heavy (non-hydrogen) atoms. The molecule has 1 aromatic rings. The van der Waals surface area contributed by atoms with Gasteiger partial charge >= 0.3 is 0 Å². The van der Waals surface area contributed by atoms with Crippen LogP contribution in [0.25, 0.3) is 0 Å². The van der Waals surface area contributed by atoms with Crippen LogP contribution in [-0.4, -0.2) is 22.6 Å². The minimum absolute atomic E-state index is 0.460. The molecule has 2 rings (SSSR count). The minimum Gasteiger partial charge on any atom is -0.349 e. The van der Waals surface area contributed by atoms with E-state index >= 15 is 0 Å². The van der Waals surface area contributed by atoms with Gasteiger partial charge in [0.25, 0.3) is 0 Å². The highest BCUT2D eigenvalue weighted by atomic mass is 15.0. The predicted octanol–water partition coefficient (Wildman–Crippen LogP) is 2.90. The van der Waals surface area contributed by atoms with Crippen molar-refractivity contribution in [1.82, 2.24) is 15.3 Å². The van der Waals surface area contributed by atoms with E-state index in [0.29, 0.717) is 11.5 Å². The number of aromatic nitrogens is 2. The summed E-state index contributed by atoms with van der Waals surface area (Å²) in [4.78, 5) is 7.60. The summed E-state index contributed by atoms with van der Waals surface area (Å²) in [5, 5.41) is 3.73. The van der Waals surface area contributed by atoms with Gasteiger partial charge in [-0.2, -0.15) is 0 Å². The molecule has 1 heterocycles. The normalized spacial score (nSPS) is 20.6. The highest BCUT2D eigenvalue weighted by Crippen LogP contribution is 2.41. The molecular weight excluding hydrogens is 210 g/mol. The Morgan fingerprint density at radius 1 is 1.47 bits per heavy atom. The molecule has 1 saturated carbocycles. The van der Waals surface area contributed by atoms with E-state index in [0.717, 1.165) is 18.8 Å². The van der Waals surface area contributed by atoms with Gasteiger partial charge in [-0.25, -0.2) is 4.98 Å². The quantitative estimate of drug-likeness (QED) is 0.796. The second-order valence-corrected chi connectivity index (χ2v) is 5.61. The van der Waals surface area contributed by atoms with Crippen LogP contribution in [0.3, 0.4) is 0 Å². The predicted molar refractivity (Wildman–Crippen MR) is 70.9 cm³/mol. The first-order valence-corrected chi connectivity index (χ1v) is 6.96. The van der Waals surface area contributed by atoms with Crippen molar-refractivity contribution in [3.63, 3.8) is 0 Å². The maximum Gasteiger partial charge on any atom is 0.107 e. The van der Waals surface area contributed by atoms with Crippen LogP contribution in [0.15, 0.2) is 12.4 Å². The lowest BCUT2D eigenvalue weighted by Gasteiger charge is -2.34. The Morgan fingerprint density at radius 2 is 2.24 bits per heavy atom. The third kappa shape index (κ3) is 3.09. The van der Waals surface area contributed by atoms with E-state index in [9.17, 15) is 0 Å². The molecule has 0 saturated heterocycles. The Hall–Kier alpha value is -0.830. The first-order valence-electron chi connectivity index (χ1n) is 6.96. The Morgan fingerprint density at radius 3 is 2.82 bits per heavy atom. The first-order chi connectivity index (χ1) is 8.24.